The third-order valence-corrected chi connectivity index (χ3v) is 7.01. The van der Waals surface area contributed by atoms with E-state index in [0.29, 0.717) is 5.04 Å². The Hall–Kier alpha value is -0.243. The van der Waals surface area contributed by atoms with Crippen LogP contribution in [0.25, 0.3) is 0 Å². The molecule has 10 heavy (non-hydrogen) atoms. The molecule has 1 nitrogen and oxygen atoms in total. The molecule has 0 aromatic heterocycles. The molecule has 0 aliphatic rings. The van der Waals surface area contributed by atoms with Gasteiger partial charge in [-0.05, 0) is 11.2 Å². The van der Waals surface area contributed by atoms with Crippen LogP contribution >= 0.6 is 0 Å². The maximum absolute atomic E-state index is 3.68. The summed E-state index contributed by atoms with van der Waals surface area (Å²) in [6.07, 6.45) is 1.82. The molecule has 0 amide bonds. The molecule has 0 aliphatic carbocycles. The predicted molar refractivity (Wildman–Crippen MR) is 50.5 cm³/mol. The van der Waals surface area contributed by atoms with Gasteiger partial charge in [0.05, 0.1) is 0 Å². The minimum Gasteiger partial charge on any atom is -0.416 e. The van der Waals surface area contributed by atoms with E-state index in [2.05, 4.69) is 45.4 Å². The third-order valence-electron chi connectivity index (χ3n) is 2.34. The van der Waals surface area contributed by atoms with Crippen molar-refractivity contribution in [1.82, 2.24) is 4.98 Å². The fourth-order valence-corrected chi connectivity index (χ4v) is 1.41. The molecule has 0 unspecified atom stereocenters. The first-order chi connectivity index (χ1) is 4.31. The average molecular weight is 157 g/mol. The second-order valence-corrected chi connectivity index (χ2v) is 9.26. The van der Waals surface area contributed by atoms with E-state index >= 15 is 0 Å². The van der Waals surface area contributed by atoms with Crippen molar-refractivity contribution in [3.63, 3.8) is 0 Å². The molecule has 2 heteroatoms. The molecule has 1 N–H and O–H groups in total. The summed E-state index contributed by atoms with van der Waals surface area (Å²) in [5, 5.41) is 0.404. The normalized spacial score (nSPS) is 12.9. The molecule has 0 heterocycles. The Morgan fingerprint density at radius 1 is 1.30 bits per heavy atom. The molecule has 0 aliphatic heterocycles. The Labute approximate surface area is 65.6 Å². The van der Waals surface area contributed by atoms with Crippen LogP contribution in [0.1, 0.15) is 20.8 Å². The van der Waals surface area contributed by atoms with Crippen LogP contribution in [0.3, 0.4) is 0 Å². The van der Waals surface area contributed by atoms with E-state index in [1.165, 1.54) is 0 Å². The molecule has 0 saturated heterocycles. The SMILES string of the molecule is C=CN[Si](C)(C)C(C)(C)C. The molecular formula is C8H19NSi. The van der Waals surface area contributed by atoms with Gasteiger partial charge in [0.2, 0.25) is 0 Å². The molecule has 0 radical (unpaired) electrons. The van der Waals surface area contributed by atoms with E-state index in [-0.39, 0.29) is 0 Å². The van der Waals surface area contributed by atoms with Gasteiger partial charge in [-0.2, -0.15) is 0 Å². The second-order valence-electron chi connectivity index (χ2n) is 4.22. The van der Waals surface area contributed by atoms with Crippen LogP contribution in [-0.4, -0.2) is 8.24 Å². The zero-order valence-corrected chi connectivity index (χ0v) is 8.78. The fraction of sp³-hybridized carbons (Fsp3) is 0.750. The fourth-order valence-electron chi connectivity index (χ4n) is 0.472. The molecule has 0 aromatic carbocycles. The summed E-state index contributed by atoms with van der Waals surface area (Å²) in [6.45, 7) is 15.1. The van der Waals surface area contributed by atoms with Crippen LogP contribution < -0.4 is 4.98 Å². The van der Waals surface area contributed by atoms with Crippen molar-refractivity contribution in [3.05, 3.63) is 12.8 Å². The van der Waals surface area contributed by atoms with Crippen LogP contribution in [0.15, 0.2) is 12.8 Å². The van der Waals surface area contributed by atoms with Crippen molar-refractivity contribution in [1.29, 1.82) is 0 Å². The lowest BCUT2D eigenvalue weighted by Crippen LogP contribution is -2.49. The summed E-state index contributed by atoms with van der Waals surface area (Å²) in [6, 6.07) is 0. The van der Waals surface area contributed by atoms with Gasteiger partial charge in [-0.15, -0.1) is 0 Å². The van der Waals surface area contributed by atoms with Gasteiger partial charge in [0.25, 0.3) is 0 Å². The van der Waals surface area contributed by atoms with E-state index in [1.54, 1.807) is 0 Å². The van der Waals surface area contributed by atoms with Gasteiger partial charge in [0.15, 0.2) is 8.24 Å². The van der Waals surface area contributed by atoms with E-state index < -0.39 is 8.24 Å². The summed E-state index contributed by atoms with van der Waals surface area (Å²) in [5.41, 5.74) is 0. The lowest BCUT2D eigenvalue weighted by Gasteiger charge is -2.36. The molecule has 0 fully saturated rings. The van der Waals surface area contributed by atoms with Crippen molar-refractivity contribution in [2.24, 2.45) is 0 Å². The molecule has 0 bridgehead atoms. The summed E-state index contributed by atoms with van der Waals surface area (Å²) in [5.74, 6) is 0. The summed E-state index contributed by atoms with van der Waals surface area (Å²) in [7, 11) is -1.27. The average Bonchev–Trinajstić information content (AvgIpc) is 1.61. The van der Waals surface area contributed by atoms with E-state index in [9.17, 15) is 0 Å². The minimum atomic E-state index is -1.27. The van der Waals surface area contributed by atoms with Gasteiger partial charge in [-0.25, -0.2) is 0 Å². The van der Waals surface area contributed by atoms with Crippen LogP contribution in [0.5, 0.6) is 0 Å². The quantitative estimate of drug-likeness (QED) is 0.608. The van der Waals surface area contributed by atoms with Crippen molar-refractivity contribution < 1.29 is 0 Å². The highest BCUT2D eigenvalue weighted by molar-refractivity contribution is 6.78. The molecule has 0 aromatic rings. The van der Waals surface area contributed by atoms with Crippen molar-refractivity contribution >= 4 is 8.24 Å². The largest absolute Gasteiger partial charge is 0.416 e. The van der Waals surface area contributed by atoms with Crippen LogP contribution in [-0.2, 0) is 0 Å². The predicted octanol–water partition coefficient (Wildman–Crippen LogP) is 2.72. The maximum Gasteiger partial charge on any atom is 0.152 e. The van der Waals surface area contributed by atoms with Gasteiger partial charge in [-0.1, -0.05) is 40.4 Å². The van der Waals surface area contributed by atoms with Gasteiger partial charge in [0, 0.05) is 0 Å². The standard InChI is InChI=1S/C8H19NSi/c1-7-9-10(5,6)8(2,3)4/h7,9H,1H2,2-6H3. The summed E-state index contributed by atoms with van der Waals surface area (Å²) < 4.78 is 0. The zero-order chi connectivity index (χ0) is 8.41. The smallest absolute Gasteiger partial charge is 0.152 e. The molecule has 0 spiro atoms. The lowest BCUT2D eigenvalue weighted by molar-refractivity contribution is 0.706. The Kier molecular flexibility index (Phi) is 2.72. The Balaban J connectivity index is 4.23. The van der Waals surface area contributed by atoms with Gasteiger partial charge in [0.1, 0.15) is 0 Å². The van der Waals surface area contributed by atoms with Crippen molar-refractivity contribution in [2.45, 2.75) is 38.9 Å². The number of hydrogen-bond acceptors (Lipinski definition) is 1. The summed E-state index contributed by atoms with van der Waals surface area (Å²) in [4.78, 5) is 3.36. The monoisotopic (exact) mass is 157 g/mol. The molecular weight excluding hydrogens is 138 g/mol. The Morgan fingerprint density at radius 3 is 1.80 bits per heavy atom. The second kappa shape index (κ2) is 2.78. The number of rotatable bonds is 2. The Bertz CT molecular complexity index is 122. The van der Waals surface area contributed by atoms with E-state index in [0.717, 1.165) is 0 Å². The van der Waals surface area contributed by atoms with Crippen LogP contribution in [0, 0.1) is 0 Å². The topological polar surface area (TPSA) is 12.0 Å². The minimum absolute atomic E-state index is 0.404. The van der Waals surface area contributed by atoms with Crippen LogP contribution in [0.2, 0.25) is 18.1 Å². The molecule has 60 valence electrons. The highest BCUT2D eigenvalue weighted by atomic mass is 28.3. The number of nitrogens with one attached hydrogen (secondary N) is 1. The number of hydrogen-bond donors (Lipinski definition) is 1. The van der Waals surface area contributed by atoms with Gasteiger partial charge >= 0.3 is 0 Å². The van der Waals surface area contributed by atoms with E-state index in [4.69, 9.17) is 0 Å². The van der Waals surface area contributed by atoms with Crippen LogP contribution in [0.4, 0.5) is 0 Å². The first-order valence-electron chi connectivity index (χ1n) is 3.70. The molecule has 0 atom stereocenters. The van der Waals surface area contributed by atoms with E-state index in [1.807, 2.05) is 6.20 Å². The molecule has 0 rings (SSSR count). The lowest BCUT2D eigenvalue weighted by atomic mass is 10.2. The van der Waals surface area contributed by atoms with Crippen molar-refractivity contribution in [3.8, 4) is 0 Å². The summed E-state index contributed by atoms with van der Waals surface area (Å²) >= 11 is 0. The highest BCUT2D eigenvalue weighted by Gasteiger charge is 2.34. The first-order valence-corrected chi connectivity index (χ1v) is 6.70. The molecule has 0 saturated carbocycles. The van der Waals surface area contributed by atoms with Gasteiger partial charge < -0.3 is 4.98 Å². The first kappa shape index (κ1) is 9.76. The zero-order valence-electron chi connectivity index (χ0n) is 7.78. The van der Waals surface area contributed by atoms with Gasteiger partial charge in [-0.3, -0.25) is 0 Å². The third kappa shape index (κ3) is 2.18. The maximum atomic E-state index is 3.68. The highest BCUT2D eigenvalue weighted by Crippen LogP contribution is 2.33. The Morgan fingerprint density at radius 2 is 1.70 bits per heavy atom. The van der Waals surface area contributed by atoms with Crippen molar-refractivity contribution in [2.75, 3.05) is 0 Å².